The zero-order chi connectivity index (χ0) is 15.9. The number of halogens is 1. The molecule has 0 aliphatic heterocycles. The Bertz CT molecular complexity index is 515. The Labute approximate surface area is 130 Å². The molecule has 120 valence electrons. The zero-order valence-electron chi connectivity index (χ0n) is 12.8. The molecule has 22 heavy (non-hydrogen) atoms. The van der Waals surface area contributed by atoms with E-state index in [2.05, 4.69) is 12.2 Å². The molecule has 0 heterocycles. The molecular formula is C17H22FNO3. The monoisotopic (exact) mass is 307 g/mol. The van der Waals surface area contributed by atoms with Crippen LogP contribution in [0.4, 0.5) is 4.39 Å². The van der Waals surface area contributed by atoms with E-state index in [0.717, 1.165) is 19.3 Å². The van der Waals surface area contributed by atoms with Gasteiger partial charge in [0.05, 0.1) is 6.42 Å². The third-order valence-electron chi connectivity index (χ3n) is 4.08. The Morgan fingerprint density at radius 1 is 1.23 bits per heavy atom. The second kappa shape index (κ2) is 7.92. The van der Waals surface area contributed by atoms with Gasteiger partial charge >= 0.3 is 5.97 Å². The molecule has 0 bridgehead atoms. The minimum Gasteiger partial charge on any atom is -0.455 e. The van der Waals surface area contributed by atoms with Crippen LogP contribution in [0, 0.1) is 11.7 Å². The molecule has 5 heteroatoms. The van der Waals surface area contributed by atoms with E-state index in [4.69, 9.17) is 4.74 Å². The molecule has 0 spiro atoms. The third kappa shape index (κ3) is 5.13. The molecule has 1 aliphatic rings. The first-order chi connectivity index (χ1) is 10.5. The van der Waals surface area contributed by atoms with Crippen LogP contribution in [0.15, 0.2) is 24.3 Å². The standard InChI is InChI=1S/C17H22FNO3/c1-12-4-2-3-5-15(12)19-16(20)11-22-17(21)10-13-6-8-14(18)9-7-13/h6-9,12,15H,2-5,10-11H2,1H3,(H,19,20)/t12-,15+/m0/s1. The van der Waals surface area contributed by atoms with Crippen molar-refractivity contribution in [2.75, 3.05) is 6.61 Å². The predicted octanol–water partition coefficient (Wildman–Crippen LogP) is 2.61. The Morgan fingerprint density at radius 3 is 2.59 bits per heavy atom. The first-order valence-electron chi connectivity index (χ1n) is 7.74. The number of carbonyl (C=O) groups is 2. The number of esters is 1. The lowest BCUT2D eigenvalue weighted by Crippen LogP contribution is -2.42. The summed E-state index contributed by atoms with van der Waals surface area (Å²) in [5, 5.41) is 2.93. The number of hydrogen-bond acceptors (Lipinski definition) is 3. The highest BCUT2D eigenvalue weighted by Gasteiger charge is 2.23. The minimum atomic E-state index is -0.488. The summed E-state index contributed by atoms with van der Waals surface area (Å²) >= 11 is 0. The fraction of sp³-hybridized carbons (Fsp3) is 0.529. The van der Waals surface area contributed by atoms with Gasteiger partial charge < -0.3 is 10.1 Å². The molecule has 1 N–H and O–H groups in total. The van der Waals surface area contributed by atoms with Crippen LogP contribution in [0.5, 0.6) is 0 Å². The molecule has 1 fully saturated rings. The van der Waals surface area contributed by atoms with Gasteiger partial charge in [0.2, 0.25) is 0 Å². The number of carbonyl (C=O) groups excluding carboxylic acids is 2. The maximum Gasteiger partial charge on any atom is 0.310 e. The third-order valence-corrected chi connectivity index (χ3v) is 4.08. The molecule has 1 aromatic carbocycles. The molecule has 0 unspecified atom stereocenters. The molecule has 1 saturated carbocycles. The molecule has 0 aromatic heterocycles. The van der Waals surface area contributed by atoms with Crippen LogP contribution in [-0.4, -0.2) is 24.5 Å². The molecule has 2 atom stereocenters. The Kier molecular flexibility index (Phi) is 5.92. The van der Waals surface area contributed by atoms with Crippen LogP contribution in [0.2, 0.25) is 0 Å². The highest BCUT2D eigenvalue weighted by atomic mass is 19.1. The van der Waals surface area contributed by atoms with E-state index in [1.54, 1.807) is 0 Å². The van der Waals surface area contributed by atoms with Gasteiger partial charge in [0.15, 0.2) is 6.61 Å². The first kappa shape index (κ1) is 16.5. The SMILES string of the molecule is C[C@H]1CCCC[C@H]1NC(=O)COC(=O)Cc1ccc(F)cc1. The van der Waals surface area contributed by atoms with Crippen molar-refractivity contribution < 1.29 is 18.7 Å². The van der Waals surface area contributed by atoms with Crippen molar-refractivity contribution in [2.24, 2.45) is 5.92 Å². The van der Waals surface area contributed by atoms with Gasteiger partial charge in [0.1, 0.15) is 5.82 Å². The van der Waals surface area contributed by atoms with E-state index in [9.17, 15) is 14.0 Å². The van der Waals surface area contributed by atoms with E-state index >= 15 is 0 Å². The van der Waals surface area contributed by atoms with Crippen molar-refractivity contribution in [3.05, 3.63) is 35.6 Å². The van der Waals surface area contributed by atoms with E-state index in [1.807, 2.05) is 0 Å². The summed E-state index contributed by atoms with van der Waals surface area (Å²) in [5.74, 6) is -0.629. The van der Waals surface area contributed by atoms with Crippen molar-refractivity contribution in [1.82, 2.24) is 5.32 Å². The number of amides is 1. The smallest absolute Gasteiger partial charge is 0.310 e. The van der Waals surface area contributed by atoms with E-state index in [0.29, 0.717) is 11.5 Å². The maximum atomic E-state index is 12.8. The first-order valence-corrected chi connectivity index (χ1v) is 7.74. The lowest BCUT2D eigenvalue weighted by molar-refractivity contribution is -0.148. The summed E-state index contributed by atoms with van der Waals surface area (Å²) in [6.07, 6.45) is 4.47. The van der Waals surface area contributed by atoms with Gasteiger partial charge in [-0.3, -0.25) is 9.59 Å². The van der Waals surface area contributed by atoms with Gasteiger partial charge in [-0.25, -0.2) is 4.39 Å². The van der Waals surface area contributed by atoms with Crippen molar-refractivity contribution in [2.45, 2.75) is 45.1 Å². The normalized spacial score (nSPS) is 21.2. The minimum absolute atomic E-state index is 0.0351. The second-order valence-corrected chi connectivity index (χ2v) is 5.90. The number of benzene rings is 1. The van der Waals surface area contributed by atoms with Gasteiger partial charge in [-0.05, 0) is 36.5 Å². The summed E-state index contributed by atoms with van der Waals surface area (Å²) in [6, 6.07) is 5.82. The lowest BCUT2D eigenvalue weighted by atomic mass is 9.86. The van der Waals surface area contributed by atoms with Crippen molar-refractivity contribution in [3.8, 4) is 0 Å². The number of nitrogens with one attached hydrogen (secondary N) is 1. The van der Waals surface area contributed by atoms with Crippen molar-refractivity contribution >= 4 is 11.9 Å². The fourth-order valence-electron chi connectivity index (χ4n) is 2.75. The van der Waals surface area contributed by atoms with Gasteiger partial charge in [-0.1, -0.05) is 31.9 Å². The number of hydrogen-bond donors (Lipinski definition) is 1. The molecular weight excluding hydrogens is 285 g/mol. The van der Waals surface area contributed by atoms with Gasteiger partial charge in [0, 0.05) is 6.04 Å². The quantitative estimate of drug-likeness (QED) is 0.851. The highest BCUT2D eigenvalue weighted by Crippen LogP contribution is 2.23. The topological polar surface area (TPSA) is 55.4 Å². The Balaban J connectivity index is 1.71. The van der Waals surface area contributed by atoms with E-state index in [-0.39, 0.29) is 30.8 Å². The van der Waals surface area contributed by atoms with Crippen LogP contribution in [0.1, 0.15) is 38.2 Å². The Hall–Kier alpha value is -1.91. The molecule has 0 saturated heterocycles. The highest BCUT2D eigenvalue weighted by molar-refractivity contribution is 5.81. The summed E-state index contributed by atoms with van der Waals surface area (Å²) in [6.45, 7) is 1.87. The number of rotatable bonds is 5. The molecule has 0 radical (unpaired) electrons. The second-order valence-electron chi connectivity index (χ2n) is 5.90. The summed E-state index contributed by atoms with van der Waals surface area (Å²) in [5.41, 5.74) is 0.660. The molecule has 1 amide bonds. The van der Waals surface area contributed by atoms with Crippen molar-refractivity contribution in [3.63, 3.8) is 0 Å². The summed E-state index contributed by atoms with van der Waals surface area (Å²) < 4.78 is 17.7. The fourth-order valence-corrected chi connectivity index (χ4v) is 2.75. The van der Waals surface area contributed by atoms with Crippen LogP contribution < -0.4 is 5.32 Å². The largest absolute Gasteiger partial charge is 0.455 e. The van der Waals surface area contributed by atoms with Crippen LogP contribution >= 0.6 is 0 Å². The van der Waals surface area contributed by atoms with Gasteiger partial charge in [0.25, 0.3) is 5.91 Å². The molecule has 1 aliphatic carbocycles. The zero-order valence-corrected chi connectivity index (χ0v) is 12.8. The molecule has 2 rings (SSSR count). The summed E-state index contributed by atoms with van der Waals surface area (Å²) in [4.78, 5) is 23.5. The van der Waals surface area contributed by atoms with Crippen LogP contribution in [-0.2, 0) is 20.7 Å². The van der Waals surface area contributed by atoms with Crippen molar-refractivity contribution in [1.29, 1.82) is 0 Å². The maximum absolute atomic E-state index is 12.8. The number of ether oxygens (including phenoxy) is 1. The average molecular weight is 307 g/mol. The van der Waals surface area contributed by atoms with E-state index in [1.165, 1.54) is 30.7 Å². The predicted molar refractivity (Wildman–Crippen MR) is 80.6 cm³/mol. The van der Waals surface area contributed by atoms with Gasteiger partial charge in [-0.2, -0.15) is 0 Å². The van der Waals surface area contributed by atoms with Gasteiger partial charge in [-0.15, -0.1) is 0 Å². The van der Waals surface area contributed by atoms with E-state index < -0.39 is 5.97 Å². The molecule has 4 nitrogen and oxygen atoms in total. The van der Waals surface area contributed by atoms with Crippen LogP contribution in [0.25, 0.3) is 0 Å². The molecule has 1 aromatic rings. The van der Waals surface area contributed by atoms with Crippen LogP contribution in [0.3, 0.4) is 0 Å². The Morgan fingerprint density at radius 2 is 1.91 bits per heavy atom. The summed E-state index contributed by atoms with van der Waals surface area (Å²) in [7, 11) is 0. The average Bonchev–Trinajstić information content (AvgIpc) is 2.50. The lowest BCUT2D eigenvalue weighted by Gasteiger charge is -2.29.